The van der Waals surface area contributed by atoms with E-state index in [1.807, 2.05) is 39.8 Å². The van der Waals surface area contributed by atoms with Gasteiger partial charge in [-0.15, -0.1) is 0 Å². The molecule has 0 aromatic heterocycles. The molecule has 1 atom stereocenters. The van der Waals surface area contributed by atoms with Crippen molar-refractivity contribution in [3.63, 3.8) is 0 Å². The lowest BCUT2D eigenvalue weighted by Crippen LogP contribution is -2.52. The molecule has 10 heteroatoms. The van der Waals surface area contributed by atoms with Gasteiger partial charge in [-0.1, -0.05) is 73.4 Å². The summed E-state index contributed by atoms with van der Waals surface area (Å²) in [6.07, 6.45) is 0. The molecule has 0 radical (unpaired) electrons. The smallest absolute Gasteiger partial charge is 0.264 e. The molecule has 0 aliphatic carbocycles. The molecule has 0 fully saturated rings. The van der Waals surface area contributed by atoms with Crippen LogP contribution in [0.3, 0.4) is 0 Å². The van der Waals surface area contributed by atoms with Crippen LogP contribution in [0.4, 0.5) is 5.69 Å². The zero-order valence-electron chi connectivity index (χ0n) is 23.3. The van der Waals surface area contributed by atoms with Crippen LogP contribution in [0.25, 0.3) is 0 Å². The monoisotopic (exact) mass is 603 g/mol. The Labute approximate surface area is 247 Å². The van der Waals surface area contributed by atoms with Crippen LogP contribution in [-0.2, 0) is 26.2 Å². The highest BCUT2D eigenvalue weighted by atomic mass is 35.5. The van der Waals surface area contributed by atoms with Crippen molar-refractivity contribution in [1.29, 1.82) is 0 Å². The first kappa shape index (κ1) is 31.5. The molecule has 0 heterocycles. The van der Waals surface area contributed by atoms with Gasteiger partial charge in [0.1, 0.15) is 12.6 Å². The highest BCUT2D eigenvalue weighted by Gasteiger charge is 2.33. The quantitative estimate of drug-likeness (QED) is 0.280. The number of nitrogens with one attached hydrogen (secondary N) is 1. The molecule has 0 unspecified atom stereocenters. The van der Waals surface area contributed by atoms with E-state index >= 15 is 0 Å². The number of rotatable bonds is 11. The summed E-state index contributed by atoms with van der Waals surface area (Å²) in [6.45, 7) is 8.78. The SMILES string of the molecule is CC(C)NC(=O)[C@@H](C)N(Cc1ccc(Cl)cc1Cl)C(=O)CN(c1ccc(C(C)C)cc1)S(=O)(=O)c1ccccc1. The lowest BCUT2D eigenvalue weighted by atomic mass is 10.0. The molecule has 7 nitrogen and oxygen atoms in total. The third-order valence-electron chi connectivity index (χ3n) is 6.41. The first-order valence-electron chi connectivity index (χ1n) is 13.0. The molecule has 0 spiro atoms. The maximum atomic E-state index is 14.0. The molecule has 40 heavy (non-hydrogen) atoms. The van der Waals surface area contributed by atoms with E-state index in [9.17, 15) is 18.0 Å². The van der Waals surface area contributed by atoms with Gasteiger partial charge in [0.25, 0.3) is 10.0 Å². The lowest BCUT2D eigenvalue weighted by Gasteiger charge is -2.32. The van der Waals surface area contributed by atoms with E-state index in [4.69, 9.17) is 23.2 Å². The number of sulfonamides is 1. The average molecular weight is 605 g/mol. The average Bonchev–Trinajstić information content (AvgIpc) is 2.91. The van der Waals surface area contributed by atoms with E-state index in [2.05, 4.69) is 5.32 Å². The van der Waals surface area contributed by atoms with Crippen LogP contribution in [0.15, 0.2) is 77.7 Å². The van der Waals surface area contributed by atoms with E-state index in [0.717, 1.165) is 9.87 Å². The van der Waals surface area contributed by atoms with Gasteiger partial charge in [0, 0.05) is 22.6 Å². The fraction of sp³-hybridized carbons (Fsp3) is 0.333. The fourth-order valence-corrected chi connectivity index (χ4v) is 6.00. The standard InChI is InChI=1S/C30H35Cl2N3O4S/c1-20(2)23-12-15-26(16-13-23)35(40(38,39)27-9-7-6-8-10-27)19-29(36)34(22(5)30(37)33-21(3)4)18-24-11-14-25(31)17-28(24)32/h6-17,20-22H,18-19H2,1-5H3,(H,33,37)/t22-/m1/s1. The van der Waals surface area contributed by atoms with Gasteiger partial charge in [0.05, 0.1) is 10.6 Å². The Bertz CT molecular complexity index is 1430. The van der Waals surface area contributed by atoms with Gasteiger partial charge < -0.3 is 10.2 Å². The van der Waals surface area contributed by atoms with Crippen molar-refractivity contribution >= 4 is 50.7 Å². The Balaban J connectivity index is 2.05. The summed E-state index contributed by atoms with van der Waals surface area (Å²) in [6, 6.07) is 18.9. The summed E-state index contributed by atoms with van der Waals surface area (Å²) in [5.41, 5.74) is 1.94. The second-order valence-electron chi connectivity index (χ2n) is 10.2. The third kappa shape index (κ3) is 7.77. The van der Waals surface area contributed by atoms with Crippen LogP contribution in [0.1, 0.15) is 51.7 Å². The topological polar surface area (TPSA) is 86.8 Å². The number of carbonyl (C=O) groups excluding carboxylic acids is 2. The molecule has 3 aromatic rings. The van der Waals surface area contributed by atoms with Crippen LogP contribution >= 0.6 is 23.2 Å². The Hall–Kier alpha value is -3.07. The molecular formula is C30H35Cl2N3O4S. The van der Waals surface area contributed by atoms with Crippen LogP contribution < -0.4 is 9.62 Å². The summed E-state index contributed by atoms with van der Waals surface area (Å²) in [5, 5.41) is 3.59. The van der Waals surface area contributed by atoms with Crippen LogP contribution in [0, 0.1) is 0 Å². The minimum absolute atomic E-state index is 0.0208. The molecule has 0 aliphatic heterocycles. The zero-order chi connectivity index (χ0) is 29.6. The van der Waals surface area contributed by atoms with E-state index < -0.39 is 28.5 Å². The third-order valence-corrected chi connectivity index (χ3v) is 8.79. The minimum atomic E-state index is -4.13. The Morgan fingerprint density at radius 2 is 1.50 bits per heavy atom. The van der Waals surface area contributed by atoms with E-state index in [1.54, 1.807) is 55.5 Å². The molecular weight excluding hydrogens is 569 g/mol. The zero-order valence-corrected chi connectivity index (χ0v) is 25.6. The van der Waals surface area contributed by atoms with E-state index in [-0.39, 0.29) is 29.3 Å². The Morgan fingerprint density at radius 1 is 0.875 bits per heavy atom. The number of benzene rings is 3. The predicted molar refractivity (Wildman–Crippen MR) is 161 cm³/mol. The lowest BCUT2D eigenvalue weighted by molar-refractivity contribution is -0.139. The van der Waals surface area contributed by atoms with Gasteiger partial charge in [-0.05, 0) is 74.2 Å². The van der Waals surface area contributed by atoms with Gasteiger partial charge >= 0.3 is 0 Å². The number of nitrogens with zero attached hydrogens (tertiary/aromatic N) is 2. The van der Waals surface area contributed by atoms with Crippen molar-refractivity contribution in [3.8, 4) is 0 Å². The summed E-state index contributed by atoms with van der Waals surface area (Å²) in [5.74, 6) is -0.688. The predicted octanol–water partition coefficient (Wildman–Crippen LogP) is 6.25. The van der Waals surface area contributed by atoms with Crippen molar-refractivity contribution in [3.05, 3.63) is 94.0 Å². The minimum Gasteiger partial charge on any atom is -0.352 e. The largest absolute Gasteiger partial charge is 0.352 e. The van der Waals surface area contributed by atoms with Crippen LogP contribution in [0.2, 0.25) is 10.0 Å². The molecule has 3 rings (SSSR count). The molecule has 1 N–H and O–H groups in total. The maximum Gasteiger partial charge on any atom is 0.264 e. The summed E-state index contributed by atoms with van der Waals surface area (Å²) >= 11 is 12.5. The van der Waals surface area contributed by atoms with Gasteiger partial charge in [-0.2, -0.15) is 0 Å². The highest BCUT2D eigenvalue weighted by Crippen LogP contribution is 2.27. The van der Waals surface area contributed by atoms with E-state index in [1.165, 1.54) is 17.0 Å². The van der Waals surface area contributed by atoms with Crippen molar-refractivity contribution in [2.24, 2.45) is 0 Å². The van der Waals surface area contributed by atoms with E-state index in [0.29, 0.717) is 21.3 Å². The summed E-state index contributed by atoms with van der Waals surface area (Å²) < 4.78 is 28.8. The number of halogens is 2. The molecule has 214 valence electrons. The van der Waals surface area contributed by atoms with Crippen LogP contribution in [0.5, 0.6) is 0 Å². The van der Waals surface area contributed by atoms with Crippen molar-refractivity contribution in [2.45, 2.75) is 64.1 Å². The van der Waals surface area contributed by atoms with Gasteiger partial charge in [0.2, 0.25) is 11.8 Å². The number of hydrogen-bond acceptors (Lipinski definition) is 4. The number of anilines is 1. The Morgan fingerprint density at radius 3 is 2.05 bits per heavy atom. The first-order chi connectivity index (χ1) is 18.8. The summed E-state index contributed by atoms with van der Waals surface area (Å²) in [4.78, 5) is 28.4. The van der Waals surface area contributed by atoms with Crippen molar-refractivity contribution < 1.29 is 18.0 Å². The number of carbonyl (C=O) groups is 2. The second kappa shape index (κ2) is 13.5. The van der Waals surface area contributed by atoms with Crippen LogP contribution in [-0.4, -0.2) is 43.8 Å². The first-order valence-corrected chi connectivity index (χ1v) is 15.2. The molecule has 2 amide bonds. The summed E-state index contributed by atoms with van der Waals surface area (Å²) in [7, 11) is -4.13. The molecule has 3 aromatic carbocycles. The van der Waals surface area contributed by atoms with Crippen molar-refractivity contribution in [2.75, 3.05) is 10.8 Å². The molecule has 0 saturated carbocycles. The number of amides is 2. The molecule has 0 aliphatic rings. The Kier molecular flexibility index (Phi) is 10.6. The van der Waals surface area contributed by atoms with Gasteiger partial charge in [-0.25, -0.2) is 8.42 Å². The molecule has 0 bridgehead atoms. The fourth-order valence-electron chi connectivity index (χ4n) is 4.10. The second-order valence-corrected chi connectivity index (χ2v) is 12.9. The normalized spacial score (nSPS) is 12.3. The highest BCUT2D eigenvalue weighted by molar-refractivity contribution is 7.92. The maximum absolute atomic E-state index is 14.0. The van der Waals surface area contributed by atoms with Crippen molar-refractivity contribution in [1.82, 2.24) is 10.2 Å². The van der Waals surface area contributed by atoms with Gasteiger partial charge in [0.15, 0.2) is 0 Å². The number of hydrogen-bond donors (Lipinski definition) is 1. The van der Waals surface area contributed by atoms with Gasteiger partial charge in [-0.3, -0.25) is 13.9 Å². The molecule has 0 saturated heterocycles.